The van der Waals surface area contributed by atoms with Crippen molar-refractivity contribution in [1.29, 1.82) is 0 Å². The number of aliphatic imine (C=N–C) groups is 1. The van der Waals surface area contributed by atoms with Gasteiger partial charge in [0, 0.05) is 32.7 Å². The molecule has 126 valence electrons. The van der Waals surface area contributed by atoms with Crippen LogP contribution in [0.1, 0.15) is 11.1 Å². The van der Waals surface area contributed by atoms with Crippen molar-refractivity contribution in [2.75, 3.05) is 52.6 Å². The highest BCUT2D eigenvalue weighted by Crippen LogP contribution is 2.10. The Labute approximate surface area is 137 Å². The Hall–Kier alpha value is -1.63. The number of morpholine rings is 2. The largest absolute Gasteiger partial charge is 0.379 e. The minimum absolute atomic E-state index is 0.616. The number of hydrogen-bond donors (Lipinski definition) is 1. The zero-order valence-electron chi connectivity index (χ0n) is 13.6. The van der Waals surface area contributed by atoms with E-state index in [4.69, 9.17) is 15.2 Å². The van der Waals surface area contributed by atoms with Crippen LogP contribution in [0.3, 0.4) is 0 Å². The fraction of sp³-hybridized carbons (Fsp3) is 0.588. The molecule has 0 spiro atoms. The molecule has 2 fully saturated rings. The summed E-state index contributed by atoms with van der Waals surface area (Å²) >= 11 is 0. The molecule has 0 bridgehead atoms. The lowest BCUT2D eigenvalue weighted by Gasteiger charge is -2.27. The average molecular weight is 318 g/mol. The predicted octanol–water partition coefficient (Wildman–Crippen LogP) is 0.666. The van der Waals surface area contributed by atoms with Crippen LogP contribution in [-0.2, 0) is 22.6 Å². The molecule has 1 aromatic carbocycles. The van der Waals surface area contributed by atoms with Gasteiger partial charge in [-0.25, -0.2) is 4.99 Å². The van der Waals surface area contributed by atoms with E-state index in [2.05, 4.69) is 39.1 Å². The van der Waals surface area contributed by atoms with Crippen LogP contribution in [0.2, 0.25) is 0 Å². The van der Waals surface area contributed by atoms with Crippen LogP contribution in [0.5, 0.6) is 0 Å². The first-order chi connectivity index (χ1) is 11.3. The Bertz CT molecular complexity index is 506. The lowest BCUT2D eigenvalue weighted by atomic mass is 10.1. The van der Waals surface area contributed by atoms with Gasteiger partial charge < -0.3 is 20.1 Å². The molecule has 0 aliphatic carbocycles. The van der Waals surface area contributed by atoms with E-state index in [9.17, 15) is 0 Å². The molecule has 2 aliphatic rings. The quantitative estimate of drug-likeness (QED) is 0.653. The summed E-state index contributed by atoms with van der Waals surface area (Å²) in [4.78, 5) is 9.00. The molecule has 0 radical (unpaired) electrons. The molecule has 2 N–H and O–H groups in total. The van der Waals surface area contributed by atoms with Gasteiger partial charge in [-0.15, -0.1) is 0 Å². The van der Waals surface area contributed by atoms with Crippen molar-refractivity contribution >= 4 is 5.96 Å². The number of rotatable bonds is 4. The van der Waals surface area contributed by atoms with Gasteiger partial charge in [-0.1, -0.05) is 24.3 Å². The fourth-order valence-electron chi connectivity index (χ4n) is 2.83. The van der Waals surface area contributed by atoms with Crippen molar-refractivity contribution in [1.82, 2.24) is 9.80 Å². The summed E-state index contributed by atoms with van der Waals surface area (Å²) in [7, 11) is 0. The normalized spacial score (nSPS) is 20.7. The number of ether oxygens (including phenoxy) is 2. The van der Waals surface area contributed by atoms with Crippen molar-refractivity contribution in [3.63, 3.8) is 0 Å². The monoisotopic (exact) mass is 318 g/mol. The van der Waals surface area contributed by atoms with Crippen LogP contribution in [0.25, 0.3) is 0 Å². The van der Waals surface area contributed by atoms with Gasteiger partial charge in [-0.2, -0.15) is 0 Å². The Morgan fingerprint density at radius 1 is 0.913 bits per heavy atom. The number of benzene rings is 1. The zero-order chi connectivity index (χ0) is 15.9. The molecule has 0 aromatic heterocycles. The smallest absolute Gasteiger partial charge is 0.191 e. The molecule has 0 amide bonds. The van der Waals surface area contributed by atoms with Crippen molar-refractivity contribution < 1.29 is 9.47 Å². The molecule has 2 aliphatic heterocycles. The predicted molar refractivity (Wildman–Crippen MR) is 90.3 cm³/mol. The Morgan fingerprint density at radius 3 is 2.13 bits per heavy atom. The Balaban J connectivity index is 1.50. The molecular formula is C17H26N4O2. The van der Waals surface area contributed by atoms with Gasteiger partial charge in [-0.05, 0) is 11.1 Å². The van der Waals surface area contributed by atoms with Crippen LogP contribution < -0.4 is 5.73 Å². The maximum absolute atomic E-state index is 6.05. The first-order valence-electron chi connectivity index (χ1n) is 8.32. The minimum Gasteiger partial charge on any atom is -0.379 e. The van der Waals surface area contributed by atoms with E-state index in [1.54, 1.807) is 0 Å². The molecule has 0 atom stereocenters. The molecule has 0 unspecified atom stereocenters. The number of guanidine groups is 1. The lowest BCUT2D eigenvalue weighted by molar-refractivity contribution is 0.0342. The zero-order valence-corrected chi connectivity index (χ0v) is 13.6. The highest BCUT2D eigenvalue weighted by molar-refractivity contribution is 5.78. The standard InChI is InChI=1S/C17H26N4O2/c18-17(21-7-11-23-12-8-21)19-13-15-1-3-16(4-2-15)14-20-5-9-22-10-6-20/h1-4H,5-14H2,(H2,18,19). The Morgan fingerprint density at radius 2 is 1.48 bits per heavy atom. The van der Waals surface area contributed by atoms with Crippen LogP contribution >= 0.6 is 0 Å². The maximum Gasteiger partial charge on any atom is 0.191 e. The Kier molecular flexibility index (Phi) is 5.85. The van der Waals surface area contributed by atoms with Gasteiger partial charge in [0.1, 0.15) is 0 Å². The van der Waals surface area contributed by atoms with Gasteiger partial charge in [0.25, 0.3) is 0 Å². The van der Waals surface area contributed by atoms with E-state index in [0.29, 0.717) is 12.5 Å². The summed E-state index contributed by atoms with van der Waals surface area (Å²) in [6.45, 7) is 8.44. The first kappa shape index (κ1) is 16.2. The fourth-order valence-corrected chi connectivity index (χ4v) is 2.83. The van der Waals surface area contributed by atoms with Crippen molar-refractivity contribution in [2.45, 2.75) is 13.1 Å². The highest BCUT2D eigenvalue weighted by Gasteiger charge is 2.12. The number of nitrogens with two attached hydrogens (primary N) is 1. The van der Waals surface area contributed by atoms with Gasteiger partial charge in [-0.3, -0.25) is 4.90 Å². The van der Waals surface area contributed by atoms with Crippen LogP contribution in [-0.4, -0.2) is 68.4 Å². The molecule has 2 heterocycles. The molecule has 6 nitrogen and oxygen atoms in total. The highest BCUT2D eigenvalue weighted by atomic mass is 16.5. The summed E-state index contributed by atoms with van der Waals surface area (Å²) in [6, 6.07) is 8.66. The summed E-state index contributed by atoms with van der Waals surface area (Å²) in [5.41, 5.74) is 8.57. The van der Waals surface area contributed by atoms with Crippen LogP contribution in [0.4, 0.5) is 0 Å². The van der Waals surface area contributed by atoms with Gasteiger partial charge in [0.05, 0.1) is 33.0 Å². The molecule has 1 aromatic rings. The first-order valence-corrected chi connectivity index (χ1v) is 8.32. The van der Waals surface area contributed by atoms with Crippen molar-refractivity contribution in [3.05, 3.63) is 35.4 Å². The number of nitrogens with zero attached hydrogens (tertiary/aromatic N) is 3. The van der Waals surface area contributed by atoms with Crippen molar-refractivity contribution in [2.24, 2.45) is 10.7 Å². The van der Waals surface area contributed by atoms with E-state index < -0.39 is 0 Å². The molecule has 2 saturated heterocycles. The molecule has 0 saturated carbocycles. The number of hydrogen-bond acceptors (Lipinski definition) is 4. The topological polar surface area (TPSA) is 63.3 Å². The third-order valence-electron chi connectivity index (χ3n) is 4.29. The van der Waals surface area contributed by atoms with Gasteiger partial charge >= 0.3 is 0 Å². The third kappa shape index (κ3) is 4.92. The average Bonchev–Trinajstić information content (AvgIpc) is 2.62. The van der Waals surface area contributed by atoms with Gasteiger partial charge in [0.2, 0.25) is 0 Å². The van der Waals surface area contributed by atoms with E-state index in [1.165, 1.54) is 11.1 Å². The van der Waals surface area contributed by atoms with Crippen LogP contribution in [0, 0.1) is 0 Å². The summed E-state index contributed by atoms with van der Waals surface area (Å²) in [5.74, 6) is 0.616. The summed E-state index contributed by atoms with van der Waals surface area (Å²) in [6.07, 6.45) is 0. The molecule has 3 rings (SSSR count). The van der Waals surface area contributed by atoms with E-state index in [1.807, 2.05) is 0 Å². The van der Waals surface area contributed by atoms with Crippen molar-refractivity contribution in [3.8, 4) is 0 Å². The minimum atomic E-state index is 0.616. The second kappa shape index (κ2) is 8.29. The van der Waals surface area contributed by atoms with Gasteiger partial charge in [0.15, 0.2) is 5.96 Å². The summed E-state index contributed by atoms with van der Waals surface area (Å²) < 4.78 is 10.7. The van der Waals surface area contributed by atoms with E-state index in [-0.39, 0.29) is 0 Å². The lowest BCUT2D eigenvalue weighted by Crippen LogP contribution is -2.44. The van der Waals surface area contributed by atoms with Crippen LogP contribution in [0.15, 0.2) is 29.3 Å². The molecule has 23 heavy (non-hydrogen) atoms. The van der Waals surface area contributed by atoms with E-state index >= 15 is 0 Å². The molecule has 6 heteroatoms. The van der Waals surface area contributed by atoms with E-state index in [0.717, 1.165) is 59.2 Å². The maximum atomic E-state index is 6.05. The second-order valence-corrected chi connectivity index (χ2v) is 5.98. The molecular weight excluding hydrogens is 292 g/mol. The summed E-state index contributed by atoms with van der Waals surface area (Å²) in [5, 5.41) is 0. The third-order valence-corrected chi connectivity index (χ3v) is 4.29. The second-order valence-electron chi connectivity index (χ2n) is 5.98. The SMILES string of the molecule is NC(=NCc1ccc(CN2CCOCC2)cc1)N1CCOCC1.